The number of ether oxygens (including phenoxy) is 4. The number of halogens is 1. The molecule has 1 saturated heterocycles. The first-order chi connectivity index (χ1) is 15.2. The highest BCUT2D eigenvalue weighted by atomic mass is 127. The summed E-state index contributed by atoms with van der Waals surface area (Å²) in [6.45, 7) is 4.84. The van der Waals surface area contributed by atoms with Crippen LogP contribution in [0, 0.1) is 3.57 Å². The molecular formula is C21H24INO8S. The van der Waals surface area contributed by atoms with Crippen LogP contribution in [0.4, 0.5) is 4.79 Å². The second-order valence-electron chi connectivity index (χ2n) is 6.60. The zero-order valence-electron chi connectivity index (χ0n) is 18.1. The smallest absolute Gasteiger partial charge is 0.344 e. The van der Waals surface area contributed by atoms with E-state index >= 15 is 0 Å². The average molecular weight is 577 g/mol. The van der Waals surface area contributed by atoms with Crippen molar-refractivity contribution in [1.82, 2.24) is 4.90 Å². The molecule has 0 N–H and O–H groups in total. The van der Waals surface area contributed by atoms with E-state index in [2.05, 4.69) is 0 Å². The van der Waals surface area contributed by atoms with E-state index in [-0.39, 0.29) is 24.2 Å². The number of amides is 2. The molecule has 2 rings (SSSR count). The predicted octanol–water partition coefficient (Wildman–Crippen LogP) is 3.62. The Labute approximate surface area is 203 Å². The minimum absolute atomic E-state index is 0.171. The summed E-state index contributed by atoms with van der Waals surface area (Å²) in [5, 5.41) is -0.543. The zero-order chi connectivity index (χ0) is 23.8. The Bertz CT molecular complexity index is 933. The van der Waals surface area contributed by atoms with E-state index in [9.17, 15) is 19.2 Å². The van der Waals surface area contributed by atoms with Crippen LogP contribution in [0.2, 0.25) is 0 Å². The Morgan fingerprint density at radius 1 is 1.22 bits per heavy atom. The first kappa shape index (κ1) is 26.0. The SMILES string of the molecule is CCOC(=O)COc1c(I)cc(/C=C2/SC(=O)N(CC(=O)O[C@@H](C)CC)C2=O)cc1OC. The topological polar surface area (TPSA) is 108 Å². The second kappa shape index (κ2) is 12.1. The molecule has 9 nitrogen and oxygen atoms in total. The maximum Gasteiger partial charge on any atom is 0.344 e. The molecular weight excluding hydrogens is 553 g/mol. The standard InChI is InChI=1S/C21H24INO8S/c1-5-12(3)31-17(24)10-23-20(26)16(32-21(23)27)9-13-7-14(22)19(15(8-13)28-4)30-11-18(25)29-6-2/h7-9,12H,5-6,10-11H2,1-4H3/b16-9+/t12-/m0/s1. The lowest BCUT2D eigenvalue weighted by atomic mass is 10.2. The summed E-state index contributed by atoms with van der Waals surface area (Å²) in [4.78, 5) is 49.5. The molecule has 0 bridgehead atoms. The first-order valence-corrected chi connectivity index (χ1v) is 11.7. The number of esters is 2. The molecule has 1 aromatic rings. The lowest BCUT2D eigenvalue weighted by molar-refractivity contribution is -0.150. The van der Waals surface area contributed by atoms with Crippen molar-refractivity contribution in [3.63, 3.8) is 0 Å². The van der Waals surface area contributed by atoms with Gasteiger partial charge in [-0.1, -0.05) is 6.92 Å². The summed E-state index contributed by atoms with van der Waals surface area (Å²) in [6, 6.07) is 3.34. The fourth-order valence-corrected chi connectivity index (χ4v) is 4.18. The number of hydrogen-bond donors (Lipinski definition) is 0. The number of carbonyl (C=O) groups is 4. The van der Waals surface area contributed by atoms with Crippen LogP contribution in [0.1, 0.15) is 32.8 Å². The van der Waals surface area contributed by atoms with E-state index in [1.807, 2.05) is 29.5 Å². The van der Waals surface area contributed by atoms with Gasteiger partial charge in [0.15, 0.2) is 18.1 Å². The van der Waals surface area contributed by atoms with E-state index in [1.165, 1.54) is 13.2 Å². The van der Waals surface area contributed by atoms with Gasteiger partial charge in [0.25, 0.3) is 11.1 Å². The van der Waals surface area contributed by atoms with Crippen LogP contribution in [-0.2, 0) is 23.9 Å². The third-order valence-corrected chi connectivity index (χ3v) is 5.97. The molecule has 1 heterocycles. The number of imide groups is 1. The highest BCUT2D eigenvalue weighted by molar-refractivity contribution is 14.1. The first-order valence-electron chi connectivity index (χ1n) is 9.80. The summed E-state index contributed by atoms with van der Waals surface area (Å²) in [5.41, 5.74) is 0.586. The predicted molar refractivity (Wildman–Crippen MR) is 126 cm³/mol. The van der Waals surface area contributed by atoms with Crippen molar-refractivity contribution >= 4 is 63.5 Å². The number of hydrogen-bond acceptors (Lipinski definition) is 9. The number of benzene rings is 1. The summed E-state index contributed by atoms with van der Waals surface area (Å²) in [6.07, 6.45) is 1.87. The molecule has 32 heavy (non-hydrogen) atoms. The number of methoxy groups -OCH3 is 1. The van der Waals surface area contributed by atoms with Crippen LogP contribution in [0.15, 0.2) is 17.0 Å². The Hall–Kier alpha value is -2.28. The van der Waals surface area contributed by atoms with Gasteiger partial charge in [-0.15, -0.1) is 0 Å². The molecule has 0 aromatic heterocycles. The van der Waals surface area contributed by atoms with Gasteiger partial charge in [0.1, 0.15) is 6.54 Å². The van der Waals surface area contributed by atoms with E-state index in [0.717, 1.165) is 16.7 Å². The van der Waals surface area contributed by atoms with E-state index in [1.54, 1.807) is 26.0 Å². The monoisotopic (exact) mass is 577 g/mol. The largest absolute Gasteiger partial charge is 0.493 e. The van der Waals surface area contributed by atoms with Gasteiger partial charge in [-0.3, -0.25) is 19.3 Å². The van der Waals surface area contributed by atoms with Crippen molar-refractivity contribution in [3.8, 4) is 11.5 Å². The van der Waals surface area contributed by atoms with Gasteiger partial charge >= 0.3 is 11.9 Å². The third-order valence-electron chi connectivity index (χ3n) is 4.26. The summed E-state index contributed by atoms with van der Waals surface area (Å²) in [5.74, 6) is -1.00. The van der Waals surface area contributed by atoms with Gasteiger partial charge in [0.2, 0.25) is 0 Å². The summed E-state index contributed by atoms with van der Waals surface area (Å²) < 4.78 is 21.5. The van der Waals surface area contributed by atoms with Crippen molar-refractivity contribution in [2.24, 2.45) is 0 Å². The normalized spacial score (nSPS) is 15.7. The van der Waals surface area contributed by atoms with Crippen LogP contribution in [0.25, 0.3) is 6.08 Å². The number of carbonyl (C=O) groups excluding carboxylic acids is 4. The number of thioether (sulfide) groups is 1. The maximum atomic E-state index is 12.7. The molecule has 1 aliphatic heterocycles. The highest BCUT2D eigenvalue weighted by Gasteiger charge is 2.37. The quantitative estimate of drug-likeness (QED) is 0.234. The lowest BCUT2D eigenvalue weighted by Crippen LogP contribution is -2.35. The highest BCUT2D eigenvalue weighted by Crippen LogP contribution is 2.37. The van der Waals surface area contributed by atoms with Gasteiger partial charge in [0, 0.05) is 0 Å². The van der Waals surface area contributed by atoms with Crippen molar-refractivity contribution < 1.29 is 38.1 Å². The Morgan fingerprint density at radius 3 is 2.56 bits per heavy atom. The molecule has 0 aliphatic carbocycles. The van der Waals surface area contributed by atoms with Gasteiger partial charge < -0.3 is 18.9 Å². The van der Waals surface area contributed by atoms with Crippen molar-refractivity contribution in [3.05, 3.63) is 26.2 Å². The summed E-state index contributed by atoms with van der Waals surface area (Å²) >= 11 is 2.76. The van der Waals surface area contributed by atoms with Crippen molar-refractivity contribution in [2.75, 3.05) is 26.9 Å². The molecule has 1 aliphatic rings. The molecule has 1 aromatic carbocycles. The third kappa shape index (κ3) is 6.86. The van der Waals surface area contributed by atoms with E-state index in [4.69, 9.17) is 18.9 Å². The van der Waals surface area contributed by atoms with E-state index < -0.39 is 29.6 Å². The fraction of sp³-hybridized carbons (Fsp3) is 0.429. The number of nitrogens with zero attached hydrogens (tertiary/aromatic N) is 1. The molecule has 2 amide bonds. The Morgan fingerprint density at radius 2 is 1.94 bits per heavy atom. The second-order valence-corrected chi connectivity index (χ2v) is 8.76. The van der Waals surface area contributed by atoms with Crippen LogP contribution in [0.5, 0.6) is 11.5 Å². The number of rotatable bonds is 10. The molecule has 1 fully saturated rings. The molecule has 0 saturated carbocycles. The molecule has 1 atom stereocenters. The maximum absolute atomic E-state index is 12.7. The summed E-state index contributed by atoms with van der Waals surface area (Å²) in [7, 11) is 1.45. The average Bonchev–Trinajstić information content (AvgIpc) is 2.99. The molecule has 0 spiro atoms. The van der Waals surface area contributed by atoms with Gasteiger partial charge in [-0.2, -0.15) is 0 Å². The Kier molecular flexibility index (Phi) is 9.82. The lowest BCUT2D eigenvalue weighted by Gasteiger charge is -2.15. The Balaban J connectivity index is 2.18. The van der Waals surface area contributed by atoms with Crippen LogP contribution >= 0.6 is 34.4 Å². The van der Waals surface area contributed by atoms with Crippen molar-refractivity contribution in [2.45, 2.75) is 33.3 Å². The minimum Gasteiger partial charge on any atom is -0.493 e. The van der Waals surface area contributed by atoms with Gasteiger partial charge in [-0.05, 0) is 78.4 Å². The van der Waals surface area contributed by atoms with Crippen LogP contribution < -0.4 is 9.47 Å². The van der Waals surface area contributed by atoms with Crippen LogP contribution in [0.3, 0.4) is 0 Å². The van der Waals surface area contributed by atoms with Crippen molar-refractivity contribution in [1.29, 1.82) is 0 Å². The molecule has 11 heteroatoms. The minimum atomic E-state index is -0.637. The van der Waals surface area contributed by atoms with E-state index in [0.29, 0.717) is 27.1 Å². The fourth-order valence-electron chi connectivity index (χ4n) is 2.56. The van der Waals surface area contributed by atoms with Gasteiger partial charge in [-0.25, -0.2) is 4.79 Å². The zero-order valence-corrected chi connectivity index (χ0v) is 21.1. The molecule has 0 unspecified atom stereocenters. The van der Waals surface area contributed by atoms with Gasteiger partial charge in [0.05, 0.1) is 28.3 Å². The van der Waals surface area contributed by atoms with Crippen LogP contribution in [-0.4, -0.2) is 61.0 Å². The molecule has 0 radical (unpaired) electrons. The molecule has 174 valence electrons.